The van der Waals surface area contributed by atoms with Gasteiger partial charge in [0.05, 0.1) is 0 Å². The van der Waals surface area contributed by atoms with Crippen LogP contribution in [0.2, 0.25) is 0 Å². The minimum atomic E-state index is 0.360. The average Bonchev–Trinajstić information content (AvgIpc) is 2.94. The molecule has 116 valence electrons. The number of nitrogens with two attached hydrogens (primary N) is 1. The second kappa shape index (κ2) is 6.83. The lowest BCUT2D eigenvalue weighted by atomic mass is 9.80. The molecular weight excluding hydrogens is 256 g/mol. The molecule has 21 heavy (non-hydrogen) atoms. The van der Waals surface area contributed by atoms with Crippen molar-refractivity contribution < 1.29 is 0 Å². The first kappa shape index (κ1) is 14.9. The molecule has 2 fully saturated rings. The predicted octanol–water partition coefficient (Wildman–Crippen LogP) is 3.98. The quantitative estimate of drug-likeness (QED) is 0.907. The Hall–Kier alpha value is -1.02. The van der Waals surface area contributed by atoms with Crippen LogP contribution in [-0.2, 0) is 6.42 Å². The molecule has 1 saturated heterocycles. The summed E-state index contributed by atoms with van der Waals surface area (Å²) in [6.45, 7) is 4.53. The Labute approximate surface area is 129 Å². The van der Waals surface area contributed by atoms with Crippen LogP contribution in [0.4, 0.5) is 5.69 Å². The molecule has 2 heteroatoms. The summed E-state index contributed by atoms with van der Waals surface area (Å²) in [6, 6.07) is 9.58. The van der Waals surface area contributed by atoms with Crippen molar-refractivity contribution >= 4 is 5.69 Å². The van der Waals surface area contributed by atoms with Crippen LogP contribution in [0.25, 0.3) is 0 Å². The molecule has 2 aliphatic rings. The first-order valence-corrected chi connectivity index (χ1v) is 8.80. The van der Waals surface area contributed by atoms with E-state index in [1.807, 2.05) is 0 Å². The minimum absolute atomic E-state index is 0.360. The Balaban J connectivity index is 1.48. The van der Waals surface area contributed by atoms with Crippen LogP contribution in [-0.4, -0.2) is 19.1 Å². The van der Waals surface area contributed by atoms with Crippen molar-refractivity contribution in [3.63, 3.8) is 0 Å². The van der Waals surface area contributed by atoms with E-state index in [1.54, 1.807) is 0 Å². The summed E-state index contributed by atoms with van der Waals surface area (Å²) >= 11 is 0. The Bertz CT molecular complexity index is 431. The van der Waals surface area contributed by atoms with Gasteiger partial charge in [-0.15, -0.1) is 0 Å². The number of anilines is 1. The van der Waals surface area contributed by atoms with Crippen molar-refractivity contribution in [2.45, 2.75) is 57.9 Å². The number of hydrogen-bond donors (Lipinski definition) is 1. The Morgan fingerprint density at radius 1 is 1.05 bits per heavy atom. The average molecular weight is 286 g/mol. The first-order chi connectivity index (χ1) is 10.2. The van der Waals surface area contributed by atoms with Crippen molar-refractivity contribution in [1.82, 2.24) is 0 Å². The molecule has 0 radical (unpaired) electrons. The van der Waals surface area contributed by atoms with Gasteiger partial charge in [-0.05, 0) is 48.8 Å². The van der Waals surface area contributed by atoms with Gasteiger partial charge in [0.15, 0.2) is 0 Å². The number of rotatable bonds is 4. The molecule has 1 aliphatic heterocycles. The first-order valence-electron chi connectivity index (χ1n) is 8.80. The van der Waals surface area contributed by atoms with Crippen LogP contribution in [0, 0.1) is 11.8 Å². The number of hydrogen-bond acceptors (Lipinski definition) is 2. The predicted molar refractivity (Wildman–Crippen MR) is 90.7 cm³/mol. The summed E-state index contributed by atoms with van der Waals surface area (Å²) in [7, 11) is 0. The van der Waals surface area contributed by atoms with Crippen molar-refractivity contribution in [2.24, 2.45) is 17.6 Å². The van der Waals surface area contributed by atoms with Crippen molar-refractivity contribution in [3.8, 4) is 0 Å². The SMILES string of the molecule is CC1CCC(CCc2ccc(N3CCC(N)C3)cc2)CC1. The maximum atomic E-state index is 5.99. The number of aryl methyl sites for hydroxylation is 1. The lowest BCUT2D eigenvalue weighted by molar-refractivity contribution is 0.278. The van der Waals surface area contributed by atoms with E-state index in [0.717, 1.165) is 31.3 Å². The van der Waals surface area contributed by atoms with E-state index >= 15 is 0 Å². The normalized spacial score (nSPS) is 29.8. The fourth-order valence-corrected chi connectivity index (χ4v) is 3.88. The van der Waals surface area contributed by atoms with E-state index in [2.05, 4.69) is 36.1 Å². The molecular formula is C19H30N2. The summed E-state index contributed by atoms with van der Waals surface area (Å²) in [5, 5.41) is 0. The third kappa shape index (κ3) is 4.00. The second-order valence-electron chi connectivity index (χ2n) is 7.33. The number of nitrogens with zero attached hydrogens (tertiary/aromatic N) is 1. The van der Waals surface area contributed by atoms with Crippen LogP contribution < -0.4 is 10.6 Å². The van der Waals surface area contributed by atoms with Crippen LogP contribution in [0.3, 0.4) is 0 Å². The monoisotopic (exact) mass is 286 g/mol. The van der Waals surface area contributed by atoms with Crippen molar-refractivity contribution in [3.05, 3.63) is 29.8 Å². The molecule has 2 N–H and O–H groups in total. The van der Waals surface area contributed by atoms with Gasteiger partial charge in [-0.25, -0.2) is 0 Å². The van der Waals surface area contributed by atoms with E-state index in [1.165, 1.54) is 49.8 Å². The largest absolute Gasteiger partial charge is 0.370 e. The van der Waals surface area contributed by atoms with Crippen LogP contribution >= 0.6 is 0 Å². The molecule has 1 unspecified atom stereocenters. The lowest BCUT2D eigenvalue weighted by Crippen LogP contribution is -2.26. The maximum absolute atomic E-state index is 5.99. The summed E-state index contributed by atoms with van der Waals surface area (Å²) in [6.07, 6.45) is 9.54. The van der Waals surface area contributed by atoms with Gasteiger partial charge in [0.25, 0.3) is 0 Å². The van der Waals surface area contributed by atoms with Gasteiger partial charge < -0.3 is 10.6 Å². The molecule has 0 aromatic heterocycles. The fraction of sp³-hybridized carbons (Fsp3) is 0.684. The number of benzene rings is 1. The van der Waals surface area contributed by atoms with E-state index in [4.69, 9.17) is 5.73 Å². The Morgan fingerprint density at radius 2 is 1.76 bits per heavy atom. The molecule has 1 atom stereocenters. The molecule has 1 aromatic rings. The lowest BCUT2D eigenvalue weighted by Gasteiger charge is -2.26. The van der Waals surface area contributed by atoms with Gasteiger partial charge in [0.2, 0.25) is 0 Å². The standard InChI is InChI=1S/C19H30N2/c1-15-2-4-16(5-3-15)6-7-17-8-10-19(11-9-17)21-13-12-18(20)14-21/h8-11,15-16,18H,2-7,12-14,20H2,1H3. The topological polar surface area (TPSA) is 29.3 Å². The van der Waals surface area contributed by atoms with Crippen LogP contribution in [0.15, 0.2) is 24.3 Å². The molecule has 3 rings (SSSR count). The Kier molecular flexibility index (Phi) is 4.84. The molecule has 1 heterocycles. The van der Waals surface area contributed by atoms with Crippen LogP contribution in [0.5, 0.6) is 0 Å². The highest BCUT2D eigenvalue weighted by molar-refractivity contribution is 5.48. The van der Waals surface area contributed by atoms with E-state index in [-0.39, 0.29) is 0 Å². The fourth-order valence-electron chi connectivity index (χ4n) is 3.88. The third-order valence-corrected chi connectivity index (χ3v) is 5.50. The van der Waals surface area contributed by atoms with Gasteiger partial charge in [0.1, 0.15) is 0 Å². The van der Waals surface area contributed by atoms with E-state index in [9.17, 15) is 0 Å². The van der Waals surface area contributed by atoms with Crippen molar-refractivity contribution in [2.75, 3.05) is 18.0 Å². The van der Waals surface area contributed by atoms with E-state index in [0.29, 0.717) is 6.04 Å². The molecule has 1 saturated carbocycles. The zero-order valence-electron chi connectivity index (χ0n) is 13.4. The van der Waals surface area contributed by atoms with Gasteiger partial charge in [-0.3, -0.25) is 0 Å². The Morgan fingerprint density at radius 3 is 2.38 bits per heavy atom. The highest BCUT2D eigenvalue weighted by Crippen LogP contribution is 2.31. The minimum Gasteiger partial charge on any atom is -0.370 e. The van der Waals surface area contributed by atoms with Gasteiger partial charge >= 0.3 is 0 Å². The molecule has 1 aliphatic carbocycles. The van der Waals surface area contributed by atoms with Gasteiger partial charge in [-0.2, -0.15) is 0 Å². The zero-order chi connectivity index (χ0) is 14.7. The van der Waals surface area contributed by atoms with E-state index < -0.39 is 0 Å². The summed E-state index contributed by atoms with van der Waals surface area (Å²) in [5.74, 6) is 1.94. The second-order valence-corrected chi connectivity index (χ2v) is 7.33. The smallest absolute Gasteiger partial charge is 0.0366 e. The maximum Gasteiger partial charge on any atom is 0.0366 e. The summed E-state index contributed by atoms with van der Waals surface area (Å²) in [5.41, 5.74) is 8.84. The molecule has 1 aromatic carbocycles. The third-order valence-electron chi connectivity index (χ3n) is 5.50. The van der Waals surface area contributed by atoms with Crippen molar-refractivity contribution in [1.29, 1.82) is 0 Å². The molecule has 0 amide bonds. The van der Waals surface area contributed by atoms with Crippen LogP contribution in [0.1, 0.15) is 51.0 Å². The summed E-state index contributed by atoms with van der Waals surface area (Å²) in [4.78, 5) is 2.41. The van der Waals surface area contributed by atoms with Gasteiger partial charge in [-0.1, -0.05) is 44.7 Å². The summed E-state index contributed by atoms with van der Waals surface area (Å²) < 4.78 is 0. The zero-order valence-corrected chi connectivity index (χ0v) is 13.4. The molecule has 2 nitrogen and oxygen atoms in total. The molecule has 0 bridgehead atoms. The highest BCUT2D eigenvalue weighted by atomic mass is 15.2. The molecule has 0 spiro atoms. The highest BCUT2D eigenvalue weighted by Gasteiger charge is 2.20. The van der Waals surface area contributed by atoms with Gasteiger partial charge in [0, 0.05) is 24.8 Å².